The summed E-state index contributed by atoms with van der Waals surface area (Å²) in [6.07, 6.45) is 0. The van der Waals surface area contributed by atoms with E-state index in [0.29, 0.717) is 5.56 Å². The smallest absolute Gasteiger partial charge is 0.263 e. The van der Waals surface area contributed by atoms with Crippen molar-refractivity contribution in [1.29, 1.82) is 5.26 Å². The number of benzene rings is 2. The molecule has 0 saturated heterocycles. The first-order chi connectivity index (χ1) is 9.86. The van der Waals surface area contributed by atoms with Crippen LogP contribution in [0.5, 0.6) is 5.75 Å². The van der Waals surface area contributed by atoms with Crippen LogP contribution in [0.25, 0.3) is 0 Å². The van der Waals surface area contributed by atoms with Gasteiger partial charge in [0.25, 0.3) is 10.0 Å². The summed E-state index contributed by atoms with van der Waals surface area (Å²) in [5.41, 5.74) is -0.129. The molecule has 7 heteroatoms. The lowest BCUT2D eigenvalue weighted by Crippen LogP contribution is -2.15. The zero-order chi connectivity index (χ0) is 15.6. The summed E-state index contributed by atoms with van der Waals surface area (Å²) >= 11 is 0. The lowest BCUT2D eigenvalue weighted by atomic mass is 10.2. The number of aryl methyl sites for hydroxylation is 1. The monoisotopic (exact) mass is 306 g/mol. The number of rotatable bonds is 3. The molecule has 2 aromatic rings. The summed E-state index contributed by atoms with van der Waals surface area (Å²) in [5, 5.41) is 18.7. The van der Waals surface area contributed by atoms with Gasteiger partial charge in [-0.05, 0) is 30.7 Å². The van der Waals surface area contributed by atoms with Crippen molar-refractivity contribution in [2.24, 2.45) is 0 Å². The number of nitrogens with zero attached hydrogens (tertiary/aromatic N) is 1. The number of hydrogen-bond donors (Lipinski definition) is 2. The Labute approximate surface area is 121 Å². The average molecular weight is 306 g/mol. The quantitative estimate of drug-likeness (QED) is 0.853. The summed E-state index contributed by atoms with van der Waals surface area (Å²) in [6, 6.07) is 9.38. The number of phenolic OH excluding ortho intramolecular Hbond substituents is 1. The van der Waals surface area contributed by atoms with Gasteiger partial charge < -0.3 is 5.11 Å². The number of hydrogen-bond acceptors (Lipinski definition) is 4. The van der Waals surface area contributed by atoms with E-state index in [9.17, 15) is 17.9 Å². The molecular weight excluding hydrogens is 295 g/mol. The Hall–Kier alpha value is -2.59. The van der Waals surface area contributed by atoms with E-state index in [0.717, 1.165) is 12.1 Å². The van der Waals surface area contributed by atoms with Crippen LogP contribution < -0.4 is 4.72 Å². The molecule has 2 N–H and O–H groups in total. The van der Waals surface area contributed by atoms with Crippen LogP contribution in [0.3, 0.4) is 0 Å². The van der Waals surface area contributed by atoms with Crippen molar-refractivity contribution < 1.29 is 17.9 Å². The van der Waals surface area contributed by atoms with Crippen molar-refractivity contribution in [3.8, 4) is 11.8 Å². The van der Waals surface area contributed by atoms with E-state index in [4.69, 9.17) is 5.26 Å². The first kappa shape index (κ1) is 14.8. The molecule has 0 spiro atoms. The Bertz CT molecular complexity index is 842. The maximum atomic E-state index is 13.5. The lowest BCUT2D eigenvalue weighted by molar-refractivity contribution is 0.473. The highest BCUT2D eigenvalue weighted by Crippen LogP contribution is 2.29. The van der Waals surface area contributed by atoms with Gasteiger partial charge in [-0.25, -0.2) is 12.8 Å². The first-order valence-corrected chi connectivity index (χ1v) is 7.35. The van der Waals surface area contributed by atoms with Gasteiger partial charge in [0.2, 0.25) is 0 Å². The highest BCUT2D eigenvalue weighted by Gasteiger charge is 2.22. The van der Waals surface area contributed by atoms with Crippen LogP contribution in [0.4, 0.5) is 10.1 Å². The second-order valence-electron chi connectivity index (χ2n) is 4.30. The molecule has 0 aliphatic heterocycles. The summed E-state index contributed by atoms with van der Waals surface area (Å²) in [6.45, 7) is 1.61. The van der Waals surface area contributed by atoms with Crippen LogP contribution in [-0.4, -0.2) is 13.5 Å². The summed E-state index contributed by atoms with van der Waals surface area (Å²) in [7, 11) is -4.19. The SMILES string of the molecule is Cc1cccc(NS(=O)(=O)c2cccc(F)c2C#N)c1O. The van der Waals surface area contributed by atoms with Crippen molar-refractivity contribution in [2.45, 2.75) is 11.8 Å². The topological polar surface area (TPSA) is 90.2 Å². The Kier molecular flexibility index (Phi) is 3.82. The van der Waals surface area contributed by atoms with Crippen molar-refractivity contribution in [1.82, 2.24) is 0 Å². The highest BCUT2D eigenvalue weighted by molar-refractivity contribution is 7.92. The number of aromatic hydroxyl groups is 1. The zero-order valence-corrected chi connectivity index (χ0v) is 11.8. The van der Waals surface area contributed by atoms with Crippen LogP contribution in [0.2, 0.25) is 0 Å². The molecule has 0 saturated carbocycles. The number of nitrogens with one attached hydrogen (secondary N) is 1. The van der Waals surface area contributed by atoms with Crippen LogP contribution in [-0.2, 0) is 10.0 Å². The first-order valence-electron chi connectivity index (χ1n) is 5.87. The van der Waals surface area contributed by atoms with Crippen molar-refractivity contribution in [3.05, 3.63) is 53.3 Å². The van der Waals surface area contributed by atoms with E-state index >= 15 is 0 Å². The van der Waals surface area contributed by atoms with E-state index < -0.39 is 26.3 Å². The van der Waals surface area contributed by atoms with E-state index in [-0.39, 0.29) is 11.4 Å². The fourth-order valence-electron chi connectivity index (χ4n) is 1.78. The summed E-state index contributed by atoms with van der Waals surface area (Å²) in [4.78, 5) is -0.481. The molecule has 0 amide bonds. The second-order valence-corrected chi connectivity index (χ2v) is 5.95. The maximum Gasteiger partial charge on any atom is 0.263 e. The van der Waals surface area contributed by atoms with Gasteiger partial charge in [0.15, 0.2) is 0 Å². The molecule has 2 rings (SSSR count). The molecule has 0 aliphatic carbocycles. The van der Waals surface area contributed by atoms with Gasteiger partial charge in [0.1, 0.15) is 28.1 Å². The van der Waals surface area contributed by atoms with Crippen LogP contribution in [0.1, 0.15) is 11.1 Å². The highest BCUT2D eigenvalue weighted by atomic mass is 32.2. The number of sulfonamides is 1. The Morgan fingerprint density at radius 2 is 1.90 bits per heavy atom. The van der Waals surface area contributed by atoms with Crippen molar-refractivity contribution in [2.75, 3.05) is 4.72 Å². The molecule has 0 fully saturated rings. The van der Waals surface area contributed by atoms with Gasteiger partial charge in [-0.1, -0.05) is 18.2 Å². The molecule has 21 heavy (non-hydrogen) atoms. The molecule has 0 heterocycles. The fourth-order valence-corrected chi connectivity index (χ4v) is 3.01. The molecule has 0 atom stereocenters. The maximum absolute atomic E-state index is 13.5. The van der Waals surface area contributed by atoms with Crippen molar-refractivity contribution in [3.63, 3.8) is 0 Å². The van der Waals surface area contributed by atoms with Gasteiger partial charge in [0.05, 0.1) is 5.69 Å². The van der Waals surface area contributed by atoms with E-state index in [2.05, 4.69) is 4.72 Å². The van der Waals surface area contributed by atoms with Gasteiger partial charge >= 0.3 is 0 Å². The van der Waals surface area contributed by atoms with Gasteiger partial charge in [-0.3, -0.25) is 4.72 Å². The number of para-hydroxylation sites is 1. The normalized spacial score (nSPS) is 10.9. The largest absolute Gasteiger partial charge is 0.505 e. The third kappa shape index (κ3) is 2.80. The van der Waals surface area contributed by atoms with Crippen LogP contribution >= 0.6 is 0 Å². The zero-order valence-electron chi connectivity index (χ0n) is 11.0. The van der Waals surface area contributed by atoms with Gasteiger partial charge in [-0.15, -0.1) is 0 Å². The van der Waals surface area contributed by atoms with Crippen LogP contribution in [0.15, 0.2) is 41.3 Å². The van der Waals surface area contributed by atoms with Crippen LogP contribution in [0, 0.1) is 24.1 Å². The van der Waals surface area contributed by atoms with Crippen molar-refractivity contribution >= 4 is 15.7 Å². The number of phenols is 1. The van der Waals surface area contributed by atoms with E-state index in [1.165, 1.54) is 18.2 Å². The minimum Gasteiger partial charge on any atom is -0.505 e. The molecule has 108 valence electrons. The molecule has 5 nitrogen and oxygen atoms in total. The Morgan fingerprint density at radius 3 is 2.57 bits per heavy atom. The predicted molar refractivity (Wildman–Crippen MR) is 74.8 cm³/mol. The summed E-state index contributed by atoms with van der Waals surface area (Å²) < 4.78 is 40.2. The summed E-state index contributed by atoms with van der Waals surface area (Å²) in [5.74, 6) is -1.15. The molecule has 0 radical (unpaired) electrons. The number of halogens is 1. The fraction of sp³-hybridized carbons (Fsp3) is 0.0714. The number of anilines is 1. The average Bonchev–Trinajstić information content (AvgIpc) is 2.43. The van der Waals surface area contributed by atoms with Gasteiger partial charge in [0, 0.05) is 0 Å². The molecule has 0 unspecified atom stereocenters. The van der Waals surface area contributed by atoms with E-state index in [1.807, 2.05) is 0 Å². The molecule has 2 aromatic carbocycles. The standard InChI is InChI=1S/C14H11FN2O3S/c1-9-4-2-6-12(14(9)18)17-21(19,20)13-7-3-5-11(15)10(13)8-16/h2-7,17-18H,1H3. The predicted octanol–water partition coefficient (Wildman–Crippen LogP) is 2.51. The molecule has 0 bridgehead atoms. The minimum absolute atomic E-state index is 0.0387. The Morgan fingerprint density at radius 1 is 1.24 bits per heavy atom. The Balaban J connectivity index is 2.52. The lowest BCUT2D eigenvalue weighted by Gasteiger charge is -2.12. The minimum atomic E-state index is -4.19. The molecule has 0 aromatic heterocycles. The number of nitriles is 1. The second kappa shape index (κ2) is 5.42. The molecule has 0 aliphatic rings. The third-order valence-electron chi connectivity index (χ3n) is 2.86. The van der Waals surface area contributed by atoms with Gasteiger partial charge in [-0.2, -0.15) is 5.26 Å². The van der Waals surface area contributed by atoms with E-state index in [1.54, 1.807) is 19.1 Å². The third-order valence-corrected chi connectivity index (χ3v) is 4.27. The molecular formula is C14H11FN2O3S.